The Kier molecular flexibility index (Phi) is 4.79. The Hall–Kier alpha value is -0.680. The summed E-state index contributed by atoms with van der Waals surface area (Å²) >= 11 is 7.16. The summed E-state index contributed by atoms with van der Waals surface area (Å²) in [6.07, 6.45) is 4.67. The van der Waals surface area contributed by atoms with Crippen molar-refractivity contribution >= 4 is 31.9 Å². The molecule has 2 aromatic rings. The van der Waals surface area contributed by atoms with Gasteiger partial charge in [0.15, 0.2) is 0 Å². The summed E-state index contributed by atoms with van der Waals surface area (Å²) in [7, 11) is 1.90. The van der Waals surface area contributed by atoms with Crippen molar-refractivity contribution in [2.45, 2.75) is 11.8 Å². The highest BCUT2D eigenvalue weighted by Gasteiger charge is 2.31. The lowest BCUT2D eigenvalue weighted by molar-refractivity contribution is 0.541. The van der Waals surface area contributed by atoms with Crippen LogP contribution in [0.2, 0.25) is 0 Å². The maximum absolute atomic E-state index is 13.5. The van der Waals surface area contributed by atoms with Gasteiger partial charge in [0.2, 0.25) is 0 Å². The van der Waals surface area contributed by atoms with Crippen LogP contribution in [-0.2, 0) is 18.9 Å². The predicted octanol–water partition coefficient (Wildman–Crippen LogP) is 3.83. The van der Waals surface area contributed by atoms with Crippen LogP contribution in [0.5, 0.6) is 0 Å². The van der Waals surface area contributed by atoms with E-state index in [2.05, 4.69) is 37.0 Å². The molecule has 0 amide bonds. The van der Waals surface area contributed by atoms with E-state index in [1.165, 1.54) is 6.07 Å². The summed E-state index contributed by atoms with van der Waals surface area (Å²) in [5.74, 6) is -0.199. The lowest BCUT2D eigenvalue weighted by atomic mass is 9.79. The van der Waals surface area contributed by atoms with E-state index in [0.717, 1.165) is 28.2 Å². The third-order valence-electron chi connectivity index (χ3n) is 3.25. The van der Waals surface area contributed by atoms with Gasteiger partial charge in [-0.2, -0.15) is 5.10 Å². The van der Waals surface area contributed by atoms with E-state index in [-0.39, 0.29) is 11.2 Å². The van der Waals surface area contributed by atoms with Crippen molar-refractivity contribution < 1.29 is 4.39 Å². The minimum Gasteiger partial charge on any atom is -0.276 e. The smallest absolute Gasteiger partial charge is 0.123 e. The Morgan fingerprint density at radius 2 is 2.05 bits per heavy atom. The molecule has 0 bridgehead atoms. The van der Waals surface area contributed by atoms with Crippen LogP contribution in [0.3, 0.4) is 0 Å². The Morgan fingerprint density at radius 1 is 1.32 bits per heavy atom. The van der Waals surface area contributed by atoms with Gasteiger partial charge in [-0.05, 0) is 29.7 Å². The first-order valence-electron chi connectivity index (χ1n) is 5.95. The predicted molar refractivity (Wildman–Crippen MR) is 82.6 cm³/mol. The van der Waals surface area contributed by atoms with Crippen molar-refractivity contribution in [3.8, 4) is 0 Å². The first-order valence-corrected chi connectivity index (χ1v) is 8.19. The quantitative estimate of drug-likeness (QED) is 0.710. The summed E-state index contributed by atoms with van der Waals surface area (Å²) < 4.78 is 15.3. The molecule has 2 nitrogen and oxygen atoms in total. The molecule has 0 fully saturated rings. The summed E-state index contributed by atoms with van der Waals surface area (Å²) in [5, 5.41) is 5.70. The Bertz CT molecular complexity index is 550. The monoisotopic (exact) mass is 388 g/mol. The Balaban J connectivity index is 2.37. The van der Waals surface area contributed by atoms with E-state index in [0.29, 0.717) is 0 Å². The van der Waals surface area contributed by atoms with Gasteiger partial charge in [-0.3, -0.25) is 4.68 Å². The average molecular weight is 390 g/mol. The minimum absolute atomic E-state index is 0.175. The molecule has 0 aliphatic rings. The summed E-state index contributed by atoms with van der Waals surface area (Å²) in [6.45, 7) is 0. The molecule has 102 valence electrons. The molecule has 2 rings (SSSR count). The van der Waals surface area contributed by atoms with Crippen LogP contribution < -0.4 is 0 Å². The van der Waals surface area contributed by atoms with Crippen molar-refractivity contribution in [1.82, 2.24) is 9.78 Å². The molecule has 0 saturated heterocycles. The molecule has 1 heterocycles. The van der Waals surface area contributed by atoms with Gasteiger partial charge in [0, 0.05) is 29.3 Å². The Morgan fingerprint density at radius 3 is 2.58 bits per heavy atom. The number of aromatic nitrogens is 2. The molecular formula is C14H15Br2FN2. The zero-order valence-corrected chi connectivity index (χ0v) is 13.8. The van der Waals surface area contributed by atoms with Crippen molar-refractivity contribution in [2.24, 2.45) is 7.05 Å². The lowest BCUT2D eigenvalue weighted by Crippen LogP contribution is -2.33. The maximum Gasteiger partial charge on any atom is 0.123 e. The van der Waals surface area contributed by atoms with Gasteiger partial charge in [0.1, 0.15) is 5.82 Å². The summed E-state index contributed by atoms with van der Waals surface area (Å²) in [4.78, 5) is 0. The van der Waals surface area contributed by atoms with Gasteiger partial charge in [-0.15, -0.1) is 0 Å². The van der Waals surface area contributed by atoms with Crippen molar-refractivity contribution in [1.29, 1.82) is 0 Å². The average Bonchev–Trinajstić information content (AvgIpc) is 2.81. The molecule has 5 heteroatoms. The van der Waals surface area contributed by atoms with Gasteiger partial charge in [-0.25, -0.2) is 4.39 Å². The van der Waals surface area contributed by atoms with E-state index in [1.54, 1.807) is 16.8 Å². The topological polar surface area (TPSA) is 17.8 Å². The molecule has 0 N–H and O–H groups in total. The highest BCUT2D eigenvalue weighted by atomic mass is 79.9. The first-order chi connectivity index (χ1) is 9.09. The van der Waals surface area contributed by atoms with Crippen molar-refractivity contribution in [2.75, 3.05) is 10.7 Å². The van der Waals surface area contributed by atoms with Crippen LogP contribution in [0.25, 0.3) is 0 Å². The van der Waals surface area contributed by atoms with E-state index in [1.807, 2.05) is 25.5 Å². The Labute approximate surface area is 129 Å². The van der Waals surface area contributed by atoms with Crippen LogP contribution in [-0.4, -0.2) is 20.4 Å². The maximum atomic E-state index is 13.5. The molecule has 0 aliphatic heterocycles. The number of aryl methyl sites for hydroxylation is 1. The van der Waals surface area contributed by atoms with Crippen LogP contribution in [0.1, 0.15) is 11.1 Å². The van der Waals surface area contributed by atoms with E-state index >= 15 is 0 Å². The van der Waals surface area contributed by atoms with Gasteiger partial charge >= 0.3 is 0 Å². The molecular weight excluding hydrogens is 375 g/mol. The second-order valence-electron chi connectivity index (χ2n) is 4.76. The van der Waals surface area contributed by atoms with Gasteiger partial charge in [0.25, 0.3) is 0 Å². The molecule has 0 saturated carbocycles. The van der Waals surface area contributed by atoms with Gasteiger partial charge in [0.05, 0.1) is 6.20 Å². The summed E-state index contributed by atoms with van der Waals surface area (Å²) in [6, 6.07) is 6.82. The fourth-order valence-corrected chi connectivity index (χ4v) is 4.13. The SMILES string of the molecule is Cn1cc(CC(CBr)(CBr)c2cccc(F)c2)cn1. The third-order valence-corrected chi connectivity index (χ3v) is 5.40. The molecule has 1 aromatic carbocycles. The van der Waals surface area contributed by atoms with Crippen molar-refractivity contribution in [3.05, 3.63) is 53.6 Å². The molecule has 0 radical (unpaired) electrons. The molecule has 0 aliphatic carbocycles. The number of halogens is 3. The fraction of sp³-hybridized carbons (Fsp3) is 0.357. The number of hydrogen-bond donors (Lipinski definition) is 0. The minimum atomic E-state index is -0.199. The van der Waals surface area contributed by atoms with E-state index in [9.17, 15) is 4.39 Å². The first kappa shape index (κ1) is 14.7. The summed E-state index contributed by atoms with van der Waals surface area (Å²) in [5.41, 5.74) is 1.96. The zero-order valence-electron chi connectivity index (χ0n) is 10.6. The normalized spacial score (nSPS) is 11.8. The molecule has 19 heavy (non-hydrogen) atoms. The number of rotatable bonds is 5. The highest BCUT2D eigenvalue weighted by molar-refractivity contribution is 9.09. The van der Waals surface area contributed by atoms with Crippen molar-refractivity contribution in [3.63, 3.8) is 0 Å². The molecule has 0 atom stereocenters. The molecule has 0 spiro atoms. The number of benzene rings is 1. The van der Waals surface area contributed by atoms with Gasteiger partial charge < -0.3 is 0 Å². The van der Waals surface area contributed by atoms with Crippen LogP contribution in [0, 0.1) is 5.82 Å². The number of hydrogen-bond acceptors (Lipinski definition) is 1. The molecule has 1 aromatic heterocycles. The second kappa shape index (κ2) is 6.18. The van der Waals surface area contributed by atoms with Crippen LogP contribution in [0.15, 0.2) is 36.7 Å². The third kappa shape index (κ3) is 3.26. The second-order valence-corrected chi connectivity index (χ2v) is 5.88. The van der Waals surface area contributed by atoms with Crippen LogP contribution >= 0.6 is 31.9 Å². The highest BCUT2D eigenvalue weighted by Crippen LogP contribution is 2.33. The van der Waals surface area contributed by atoms with E-state index in [4.69, 9.17) is 0 Å². The zero-order chi connectivity index (χ0) is 13.9. The van der Waals surface area contributed by atoms with Gasteiger partial charge in [-0.1, -0.05) is 44.0 Å². The van der Waals surface area contributed by atoms with E-state index < -0.39 is 0 Å². The lowest BCUT2D eigenvalue weighted by Gasteiger charge is -2.30. The molecule has 0 unspecified atom stereocenters. The van der Waals surface area contributed by atoms with Crippen LogP contribution in [0.4, 0.5) is 4.39 Å². The fourth-order valence-electron chi connectivity index (χ4n) is 2.16. The largest absolute Gasteiger partial charge is 0.276 e. The number of alkyl halides is 2. The standard InChI is InChI=1S/C14H15Br2FN2/c1-19-8-11(7-18-19)6-14(9-15,10-16)12-3-2-4-13(17)5-12/h2-5,7-8H,6,9-10H2,1H3. The number of nitrogens with zero attached hydrogens (tertiary/aromatic N) is 2.